The Labute approximate surface area is 72.0 Å². The smallest absolute Gasteiger partial charge is 0.405 e. The molecule has 0 unspecified atom stereocenters. The molecule has 3 aliphatic rings. The standard InChI is InChI=1S/C7H8F3NO2/c8-7(9,10)5-1-6(2-5,3-5)13-4(11)12/h1-3H2,(H2,11,12). The quantitative estimate of drug-likeness (QED) is 0.690. The van der Waals surface area contributed by atoms with E-state index in [4.69, 9.17) is 5.73 Å². The summed E-state index contributed by atoms with van der Waals surface area (Å²) in [4.78, 5) is 10.3. The summed E-state index contributed by atoms with van der Waals surface area (Å²) in [6, 6.07) is 0. The number of carbonyl (C=O) groups is 1. The fourth-order valence-corrected chi connectivity index (χ4v) is 2.32. The third-order valence-corrected chi connectivity index (χ3v) is 2.90. The number of carbonyl (C=O) groups excluding carboxylic acids is 1. The normalized spacial score (nSPS) is 41.8. The van der Waals surface area contributed by atoms with E-state index in [2.05, 4.69) is 4.74 Å². The average molecular weight is 195 g/mol. The van der Waals surface area contributed by atoms with Gasteiger partial charge in [0.2, 0.25) is 0 Å². The van der Waals surface area contributed by atoms with E-state index in [1.54, 1.807) is 0 Å². The lowest BCUT2D eigenvalue weighted by Crippen LogP contribution is -2.74. The second-order valence-electron chi connectivity index (χ2n) is 3.91. The van der Waals surface area contributed by atoms with Gasteiger partial charge in [-0.05, 0) is 0 Å². The van der Waals surface area contributed by atoms with Gasteiger partial charge in [-0.2, -0.15) is 13.2 Å². The van der Waals surface area contributed by atoms with E-state index in [0.29, 0.717) is 0 Å². The highest BCUT2D eigenvalue weighted by atomic mass is 19.4. The van der Waals surface area contributed by atoms with Crippen molar-refractivity contribution in [2.24, 2.45) is 11.1 Å². The largest absolute Gasteiger partial charge is 0.443 e. The molecule has 0 aromatic carbocycles. The summed E-state index contributed by atoms with van der Waals surface area (Å²) < 4.78 is 41.4. The zero-order valence-corrected chi connectivity index (χ0v) is 6.65. The van der Waals surface area contributed by atoms with E-state index in [-0.39, 0.29) is 19.3 Å². The van der Waals surface area contributed by atoms with Crippen LogP contribution in [-0.4, -0.2) is 17.9 Å². The molecule has 74 valence electrons. The SMILES string of the molecule is NC(=O)OC12CC(C(F)(F)F)(C1)C2. The number of nitrogens with two attached hydrogens (primary N) is 1. The first-order valence-electron chi connectivity index (χ1n) is 3.84. The number of amides is 1. The van der Waals surface area contributed by atoms with E-state index >= 15 is 0 Å². The van der Waals surface area contributed by atoms with E-state index in [9.17, 15) is 18.0 Å². The first-order valence-corrected chi connectivity index (χ1v) is 3.84. The molecule has 0 aromatic rings. The van der Waals surface area contributed by atoms with Crippen LogP contribution in [0.1, 0.15) is 19.3 Å². The van der Waals surface area contributed by atoms with E-state index in [1.807, 2.05) is 0 Å². The Morgan fingerprint density at radius 2 is 1.77 bits per heavy atom. The van der Waals surface area contributed by atoms with Gasteiger partial charge in [0.25, 0.3) is 0 Å². The van der Waals surface area contributed by atoms with Crippen LogP contribution in [0.4, 0.5) is 18.0 Å². The zero-order chi connectivity index (χ0) is 9.91. The molecule has 0 atom stereocenters. The third-order valence-electron chi connectivity index (χ3n) is 2.90. The molecule has 0 spiro atoms. The number of hydrogen-bond donors (Lipinski definition) is 1. The highest BCUT2D eigenvalue weighted by Gasteiger charge is 2.80. The Bertz CT molecular complexity index is 254. The summed E-state index contributed by atoms with van der Waals surface area (Å²) in [5.41, 5.74) is 2.25. The molecule has 2 N–H and O–H groups in total. The topological polar surface area (TPSA) is 52.3 Å². The van der Waals surface area contributed by atoms with Crippen molar-refractivity contribution in [2.45, 2.75) is 31.0 Å². The van der Waals surface area contributed by atoms with Crippen molar-refractivity contribution in [3.05, 3.63) is 0 Å². The lowest BCUT2D eigenvalue weighted by Gasteiger charge is -2.68. The van der Waals surface area contributed by atoms with Crippen LogP contribution in [0.15, 0.2) is 0 Å². The number of hydrogen-bond acceptors (Lipinski definition) is 2. The molecule has 3 aliphatic carbocycles. The van der Waals surface area contributed by atoms with Gasteiger partial charge in [-0.3, -0.25) is 0 Å². The van der Waals surface area contributed by atoms with E-state index in [1.165, 1.54) is 0 Å². The van der Waals surface area contributed by atoms with Crippen LogP contribution >= 0.6 is 0 Å². The summed E-state index contributed by atoms with van der Waals surface area (Å²) in [5, 5.41) is 0. The summed E-state index contributed by atoms with van der Waals surface area (Å²) in [6.07, 6.45) is -5.52. The molecule has 3 rings (SSSR count). The van der Waals surface area contributed by atoms with Crippen LogP contribution in [0, 0.1) is 5.41 Å². The molecule has 0 saturated heterocycles. The second-order valence-corrected chi connectivity index (χ2v) is 3.91. The molecule has 3 saturated carbocycles. The van der Waals surface area contributed by atoms with Crippen molar-refractivity contribution in [1.82, 2.24) is 0 Å². The van der Waals surface area contributed by atoms with Crippen LogP contribution in [0.3, 0.4) is 0 Å². The lowest BCUT2D eigenvalue weighted by atomic mass is 9.40. The third kappa shape index (κ3) is 0.941. The van der Waals surface area contributed by atoms with Crippen molar-refractivity contribution in [2.75, 3.05) is 0 Å². The molecule has 0 radical (unpaired) electrons. The Kier molecular flexibility index (Phi) is 1.29. The highest BCUT2D eigenvalue weighted by Crippen LogP contribution is 2.74. The maximum atomic E-state index is 12.3. The minimum Gasteiger partial charge on any atom is -0.443 e. The molecule has 0 aromatic heterocycles. The van der Waals surface area contributed by atoms with Gasteiger partial charge in [-0.15, -0.1) is 0 Å². The molecular weight excluding hydrogens is 187 g/mol. The molecule has 0 aliphatic heterocycles. The molecule has 1 amide bonds. The van der Waals surface area contributed by atoms with Crippen molar-refractivity contribution in [3.63, 3.8) is 0 Å². The van der Waals surface area contributed by atoms with Crippen molar-refractivity contribution in [3.8, 4) is 0 Å². The lowest BCUT2D eigenvalue weighted by molar-refractivity contribution is -0.378. The summed E-state index contributed by atoms with van der Waals surface area (Å²) >= 11 is 0. The van der Waals surface area contributed by atoms with Crippen molar-refractivity contribution >= 4 is 6.09 Å². The fraction of sp³-hybridized carbons (Fsp3) is 0.857. The Morgan fingerprint density at radius 1 is 1.31 bits per heavy atom. The molecule has 13 heavy (non-hydrogen) atoms. The molecular formula is C7H8F3NO2. The maximum Gasteiger partial charge on any atom is 0.405 e. The van der Waals surface area contributed by atoms with Gasteiger partial charge in [0.15, 0.2) is 0 Å². The number of ether oxygens (including phenoxy) is 1. The van der Waals surface area contributed by atoms with Crippen LogP contribution in [0.2, 0.25) is 0 Å². The Hall–Kier alpha value is -0.940. The molecule has 0 heterocycles. The first kappa shape index (κ1) is 8.65. The van der Waals surface area contributed by atoms with Gasteiger partial charge in [0.1, 0.15) is 5.60 Å². The van der Waals surface area contributed by atoms with Crippen LogP contribution in [0.5, 0.6) is 0 Å². The first-order chi connectivity index (χ1) is 5.79. The molecule has 3 fully saturated rings. The van der Waals surface area contributed by atoms with Gasteiger partial charge in [0, 0.05) is 19.3 Å². The van der Waals surface area contributed by atoms with Gasteiger partial charge < -0.3 is 10.5 Å². The molecule has 3 nitrogen and oxygen atoms in total. The fourth-order valence-electron chi connectivity index (χ4n) is 2.32. The predicted octanol–water partition coefficient (Wildman–Crippen LogP) is 1.57. The van der Waals surface area contributed by atoms with Crippen molar-refractivity contribution in [1.29, 1.82) is 0 Å². The zero-order valence-electron chi connectivity index (χ0n) is 6.65. The van der Waals surface area contributed by atoms with Gasteiger partial charge in [-0.25, -0.2) is 4.79 Å². The monoisotopic (exact) mass is 195 g/mol. The Morgan fingerprint density at radius 3 is 2.08 bits per heavy atom. The van der Waals surface area contributed by atoms with Gasteiger partial charge >= 0.3 is 12.3 Å². The second kappa shape index (κ2) is 1.93. The number of alkyl halides is 3. The van der Waals surface area contributed by atoms with Crippen LogP contribution < -0.4 is 5.73 Å². The van der Waals surface area contributed by atoms with Crippen LogP contribution in [-0.2, 0) is 4.74 Å². The number of halogens is 3. The molecule has 2 bridgehead atoms. The predicted molar refractivity (Wildman–Crippen MR) is 35.7 cm³/mol. The van der Waals surface area contributed by atoms with Crippen molar-refractivity contribution < 1.29 is 22.7 Å². The summed E-state index contributed by atoms with van der Waals surface area (Å²) in [6.45, 7) is 0. The minimum absolute atomic E-state index is 0.119. The summed E-state index contributed by atoms with van der Waals surface area (Å²) in [5.74, 6) is 0. The van der Waals surface area contributed by atoms with E-state index < -0.39 is 23.3 Å². The number of primary amides is 1. The maximum absolute atomic E-state index is 12.3. The highest BCUT2D eigenvalue weighted by molar-refractivity contribution is 5.66. The van der Waals surface area contributed by atoms with Gasteiger partial charge in [-0.1, -0.05) is 0 Å². The minimum atomic E-state index is -4.17. The Balaban J connectivity index is 1.97. The summed E-state index contributed by atoms with van der Waals surface area (Å²) in [7, 11) is 0. The number of rotatable bonds is 1. The van der Waals surface area contributed by atoms with Gasteiger partial charge in [0.05, 0.1) is 5.41 Å². The molecule has 6 heteroatoms. The van der Waals surface area contributed by atoms with E-state index in [0.717, 1.165) is 0 Å². The van der Waals surface area contributed by atoms with Crippen LogP contribution in [0.25, 0.3) is 0 Å². The average Bonchev–Trinajstić information content (AvgIpc) is 1.70.